The molecule has 0 amide bonds. The Morgan fingerprint density at radius 2 is 1.68 bits per heavy atom. The SMILES string of the molecule is Cc1cc(C)c(N(C)CC(C)(C)CC(=O)O)c(C)c1. The number of carboxylic acid groups (broad SMARTS) is 1. The highest BCUT2D eigenvalue weighted by atomic mass is 16.4. The molecule has 3 nitrogen and oxygen atoms in total. The van der Waals surface area contributed by atoms with E-state index in [9.17, 15) is 4.79 Å². The monoisotopic (exact) mass is 263 g/mol. The molecule has 106 valence electrons. The largest absolute Gasteiger partial charge is 0.481 e. The molecule has 0 radical (unpaired) electrons. The number of rotatable bonds is 5. The number of hydrogen-bond acceptors (Lipinski definition) is 2. The zero-order valence-electron chi connectivity index (χ0n) is 12.9. The number of hydrogen-bond donors (Lipinski definition) is 1. The molecule has 0 saturated heterocycles. The zero-order chi connectivity index (χ0) is 14.8. The topological polar surface area (TPSA) is 40.5 Å². The van der Waals surface area contributed by atoms with Gasteiger partial charge in [-0.1, -0.05) is 31.5 Å². The third-order valence-corrected chi connectivity index (χ3v) is 3.31. The van der Waals surface area contributed by atoms with E-state index in [1.54, 1.807) is 0 Å². The summed E-state index contributed by atoms with van der Waals surface area (Å²) in [5.74, 6) is -0.740. The van der Waals surface area contributed by atoms with E-state index in [0.29, 0.717) is 0 Å². The third-order valence-electron chi connectivity index (χ3n) is 3.31. The van der Waals surface area contributed by atoms with Gasteiger partial charge in [-0.3, -0.25) is 4.79 Å². The maximum Gasteiger partial charge on any atom is 0.303 e. The van der Waals surface area contributed by atoms with Crippen molar-refractivity contribution in [3.05, 3.63) is 28.8 Å². The average Bonchev–Trinajstić information content (AvgIpc) is 2.10. The van der Waals surface area contributed by atoms with Crippen LogP contribution in [-0.4, -0.2) is 24.7 Å². The second-order valence-corrected chi connectivity index (χ2v) is 6.34. The third kappa shape index (κ3) is 4.27. The number of anilines is 1. The first-order chi connectivity index (χ1) is 8.62. The maximum atomic E-state index is 10.9. The fraction of sp³-hybridized carbons (Fsp3) is 0.562. The van der Waals surface area contributed by atoms with E-state index in [1.807, 2.05) is 20.9 Å². The minimum absolute atomic E-state index is 0.182. The van der Waals surface area contributed by atoms with Crippen LogP contribution in [-0.2, 0) is 4.79 Å². The summed E-state index contributed by atoms with van der Waals surface area (Å²) in [5, 5.41) is 8.96. The minimum Gasteiger partial charge on any atom is -0.481 e. The number of carboxylic acids is 1. The molecule has 1 N–H and O–H groups in total. The Morgan fingerprint density at radius 3 is 2.11 bits per heavy atom. The quantitative estimate of drug-likeness (QED) is 0.883. The van der Waals surface area contributed by atoms with E-state index in [4.69, 9.17) is 5.11 Å². The van der Waals surface area contributed by atoms with Crippen LogP contribution < -0.4 is 4.90 Å². The molecule has 0 saturated carbocycles. The number of aryl methyl sites for hydroxylation is 3. The van der Waals surface area contributed by atoms with Crippen LogP contribution in [0.3, 0.4) is 0 Å². The van der Waals surface area contributed by atoms with Crippen molar-refractivity contribution in [2.45, 2.75) is 41.0 Å². The van der Waals surface area contributed by atoms with Gasteiger partial charge in [0.1, 0.15) is 0 Å². The molecule has 0 unspecified atom stereocenters. The predicted octanol–water partition coefficient (Wildman–Crippen LogP) is 3.55. The van der Waals surface area contributed by atoms with Crippen LogP contribution in [0.5, 0.6) is 0 Å². The Hall–Kier alpha value is -1.51. The highest BCUT2D eigenvalue weighted by Crippen LogP contribution is 2.29. The van der Waals surface area contributed by atoms with Crippen LogP contribution >= 0.6 is 0 Å². The summed E-state index contributed by atoms with van der Waals surface area (Å²) >= 11 is 0. The molecule has 0 aliphatic carbocycles. The van der Waals surface area contributed by atoms with Gasteiger partial charge < -0.3 is 10.0 Å². The predicted molar refractivity (Wildman–Crippen MR) is 80.0 cm³/mol. The Morgan fingerprint density at radius 1 is 1.21 bits per heavy atom. The molecule has 0 fully saturated rings. The molecule has 0 aliphatic heterocycles. The van der Waals surface area contributed by atoms with Crippen molar-refractivity contribution in [1.82, 2.24) is 0 Å². The van der Waals surface area contributed by atoms with E-state index in [2.05, 4.69) is 37.8 Å². The van der Waals surface area contributed by atoms with Gasteiger partial charge in [0.05, 0.1) is 6.42 Å². The van der Waals surface area contributed by atoms with Crippen molar-refractivity contribution in [2.75, 3.05) is 18.5 Å². The van der Waals surface area contributed by atoms with Gasteiger partial charge in [-0.05, 0) is 37.3 Å². The summed E-state index contributed by atoms with van der Waals surface area (Å²) in [6.45, 7) is 11.0. The first-order valence-corrected chi connectivity index (χ1v) is 6.63. The average molecular weight is 263 g/mol. The van der Waals surface area contributed by atoms with Gasteiger partial charge in [-0.25, -0.2) is 0 Å². The van der Waals surface area contributed by atoms with E-state index >= 15 is 0 Å². The van der Waals surface area contributed by atoms with Gasteiger partial charge in [0.2, 0.25) is 0 Å². The highest BCUT2D eigenvalue weighted by Gasteiger charge is 2.24. The van der Waals surface area contributed by atoms with E-state index in [-0.39, 0.29) is 11.8 Å². The summed E-state index contributed by atoms with van der Waals surface area (Å²) in [5.41, 5.74) is 4.71. The lowest BCUT2D eigenvalue weighted by Gasteiger charge is -2.32. The highest BCUT2D eigenvalue weighted by molar-refractivity contribution is 5.68. The van der Waals surface area contributed by atoms with Gasteiger partial charge in [0.25, 0.3) is 0 Å². The number of benzene rings is 1. The molecular formula is C16H25NO2. The smallest absolute Gasteiger partial charge is 0.303 e. The maximum absolute atomic E-state index is 10.9. The summed E-state index contributed by atoms with van der Waals surface area (Å²) in [4.78, 5) is 13.1. The zero-order valence-corrected chi connectivity index (χ0v) is 12.9. The Balaban J connectivity index is 2.95. The normalized spacial score (nSPS) is 11.5. The van der Waals surface area contributed by atoms with Gasteiger partial charge >= 0.3 is 5.97 Å². The lowest BCUT2D eigenvalue weighted by Crippen LogP contribution is -2.33. The second kappa shape index (κ2) is 5.64. The van der Waals surface area contributed by atoms with Crippen molar-refractivity contribution < 1.29 is 9.90 Å². The van der Waals surface area contributed by atoms with Gasteiger partial charge in [0.15, 0.2) is 0 Å². The first-order valence-electron chi connectivity index (χ1n) is 6.63. The fourth-order valence-corrected chi connectivity index (χ4v) is 2.96. The van der Waals surface area contributed by atoms with Crippen LogP contribution in [0.1, 0.15) is 37.0 Å². The molecule has 0 aromatic heterocycles. The molecule has 1 aromatic carbocycles. The molecule has 0 atom stereocenters. The second-order valence-electron chi connectivity index (χ2n) is 6.34. The number of aliphatic carboxylic acids is 1. The molecule has 1 rings (SSSR count). The van der Waals surface area contributed by atoms with Crippen LogP contribution in [0.25, 0.3) is 0 Å². The van der Waals surface area contributed by atoms with E-state index in [0.717, 1.165) is 6.54 Å². The van der Waals surface area contributed by atoms with Gasteiger partial charge in [-0.2, -0.15) is 0 Å². The summed E-state index contributed by atoms with van der Waals surface area (Å²) in [6.07, 6.45) is 0.182. The summed E-state index contributed by atoms with van der Waals surface area (Å²) < 4.78 is 0. The Labute approximate surface area is 116 Å². The lowest BCUT2D eigenvalue weighted by molar-refractivity contribution is -0.139. The molecule has 3 heteroatoms. The molecule has 1 aromatic rings. The van der Waals surface area contributed by atoms with Crippen molar-refractivity contribution in [3.63, 3.8) is 0 Å². The Kier molecular flexibility index (Phi) is 4.61. The molecule has 0 bridgehead atoms. The fourth-order valence-electron chi connectivity index (χ4n) is 2.96. The summed E-state index contributed by atoms with van der Waals surface area (Å²) in [6, 6.07) is 4.34. The van der Waals surface area contributed by atoms with E-state index in [1.165, 1.54) is 22.4 Å². The van der Waals surface area contributed by atoms with Gasteiger partial charge in [-0.15, -0.1) is 0 Å². The number of nitrogens with zero attached hydrogens (tertiary/aromatic N) is 1. The minimum atomic E-state index is -0.740. The molecular weight excluding hydrogens is 238 g/mol. The van der Waals surface area contributed by atoms with Crippen molar-refractivity contribution in [2.24, 2.45) is 5.41 Å². The van der Waals surface area contributed by atoms with Crippen LogP contribution in [0, 0.1) is 26.2 Å². The van der Waals surface area contributed by atoms with E-state index < -0.39 is 5.97 Å². The van der Waals surface area contributed by atoms with Crippen molar-refractivity contribution in [1.29, 1.82) is 0 Å². The van der Waals surface area contributed by atoms with Crippen LogP contribution in [0.15, 0.2) is 12.1 Å². The van der Waals surface area contributed by atoms with Crippen LogP contribution in [0.2, 0.25) is 0 Å². The summed E-state index contributed by atoms with van der Waals surface area (Å²) in [7, 11) is 2.04. The lowest BCUT2D eigenvalue weighted by atomic mass is 9.88. The Bertz CT molecular complexity index is 455. The molecule has 0 aliphatic rings. The molecule has 0 spiro atoms. The molecule has 0 heterocycles. The standard InChI is InChI=1S/C16H25NO2/c1-11-7-12(2)15(13(3)8-11)17(6)10-16(4,5)9-14(18)19/h7-8H,9-10H2,1-6H3,(H,18,19). The van der Waals surface area contributed by atoms with Crippen molar-refractivity contribution >= 4 is 11.7 Å². The van der Waals surface area contributed by atoms with Crippen molar-refractivity contribution in [3.8, 4) is 0 Å². The molecule has 19 heavy (non-hydrogen) atoms. The van der Waals surface area contributed by atoms with Gasteiger partial charge in [0, 0.05) is 19.3 Å². The number of carbonyl (C=O) groups is 1. The first kappa shape index (κ1) is 15.5. The van der Waals surface area contributed by atoms with Crippen LogP contribution in [0.4, 0.5) is 5.69 Å².